The number of nitrogens with zero attached hydrogens (tertiary/aromatic N) is 4. The van der Waals surface area contributed by atoms with Crippen molar-refractivity contribution in [1.29, 1.82) is 0 Å². The molecule has 1 saturated heterocycles. The zero-order valence-electron chi connectivity index (χ0n) is 35.2. The van der Waals surface area contributed by atoms with Gasteiger partial charge in [-0.15, -0.1) is 0 Å². The molecular formula is C50H52N4O6Si. The van der Waals surface area contributed by atoms with Crippen molar-refractivity contribution in [1.82, 2.24) is 4.90 Å². The maximum atomic E-state index is 15.6. The monoisotopic (exact) mass is 832 g/mol. The van der Waals surface area contributed by atoms with Gasteiger partial charge in [0.2, 0.25) is 11.8 Å². The van der Waals surface area contributed by atoms with Gasteiger partial charge in [0, 0.05) is 30.9 Å². The first kappa shape index (κ1) is 40.5. The highest BCUT2D eigenvalue weighted by Gasteiger charge is 2.66. The van der Waals surface area contributed by atoms with Gasteiger partial charge in [0.05, 0.1) is 64.0 Å². The highest BCUT2D eigenvalue weighted by Crippen LogP contribution is 2.60. The second kappa shape index (κ2) is 16.2. The molecule has 4 heterocycles. The minimum Gasteiger partial charge on any atom is -0.497 e. The maximum Gasteiger partial charge on any atom is 0.264 e. The molecule has 5 aromatic carbocycles. The molecule has 61 heavy (non-hydrogen) atoms. The number of carbonyl (C=O) groups excluding carboxylic acids is 3. The highest BCUT2D eigenvalue weighted by molar-refractivity contribution is 6.91. The summed E-state index contributed by atoms with van der Waals surface area (Å²) in [7, 11) is -0.958. The van der Waals surface area contributed by atoms with E-state index < -0.39 is 19.8 Å². The summed E-state index contributed by atoms with van der Waals surface area (Å²) >= 11 is 0. The zero-order chi connectivity index (χ0) is 42.5. The number of aliphatic hydroxyl groups excluding tert-OH is 1. The number of rotatable bonds is 10. The molecule has 0 aromatic heterocycles. The number of hydrogen-bond donors (Lipinski definition) is 1. The molecule has 0 saturated carbocycles. The molecule has 4 aliphatic rings. The fourth-order valence-corrected chi connectivity index (χ4v) is 14.5. The van der Waals surface area contributed by atoms with Gasteiger partial charge in [-0.3, -0.25) is 14.4 Å². The van der Waals surface area contributed by atoms with Crippen molar-refractivity contribution < 1.29 is 29.0 Å². The third-order valence-corrected chi connectivity index (χ3v) is 18.0. The summed E-state index contributed by atoms with van der Waals surface area (Å²) < 4.78 is 13.0. The topological polar surface area (TPSA) is 112 Å². The van der Waals surface area contributed by atoms with Gasteiger partial charge in [-0.2, -0.15) is 5.10 Å². The molecule has 1 fully saturated rings. The molecule has 312 valence electrons. The average molecular weight is 833 g/mol. The van der Waals surface area contributed by atoms with Crippen molar-refractivity contribution in [2.45, 2.75) is 82.1 Å². The molecule has 11 heteroatoms. The normalized spacial score (nSPS) is 23.6. The van der Waals surface area contributed by atoms with Crippen molar-refractivity contribution in [3.05, 3.63) is 155 Å². The number of amides is 3. The van der Waals surface area contributed by atoms with Crippen LogP contribution < -0.4 is 19.8 Å². The number of methoxy groups -OCH3 is 1. The van der Waals surface area contributed by atoms with Crippen LogP contribution in [0.3, 0.4) is 0 Å². The summed E-state index contributed by atoms with van der Waals surface area (Å²) in [5.41, 5.74) is 5.21. The van der Waals surface area contributed by atoms with Crippen LogP contribution in [0.1, 0.15) is 54.0 Å². The minimum atomic E-state index is -2.61. The second-order valence-electron chi connectivity index (χ2n) is 17.4. The third kappa shape index (κ3) is 7.08. The van der Waals surface area contributed by atoms with Crippen LogP contribution in [0, 0.1) is 5.92 Å². The number of anilines is 2. The lowest BCUT2D eigenvalue weighted by atomic mass is 9.82. The lowest BCUT2D eigenvalue weighted by Crippen LogP contribution is -2.52. The van der Waals surface area contributed by atoms with Crippen LogP contribution in [-0.4, -0.2) is 67.4 Å². The second-order valence-corrected chi connectivity index (χ2v) is 22.1. The Hall–Kier alpha value is -5.88. The Morgan fingerprint density at radius 2 is 1.57 bits per heavy atom. The predicted molar refractivity (Wildman–Crippen MR) is 240 cm³/mol. The largest absolute Gasteiger partial charge is 0.497 e. The molecule has 0 bridgehead atoms. The first-order valence-corrected chi connectivity index (χ1v) is 24.4. The molecule has 3 amide bonds. The minimum absolute atomic E-state index is 0.0400. The summed E-state index contributed by atoms with van der Waals surface area (Å²) in [5.74, 6) is -0.0613. The van der Waals surface area contributed by atoms with E-state index in [4.69, 9.17) is 14.6 Å². The lowest BCUT2D eigenvalue weighted by Gasteiger charge is -2.39. The number of hydrazone groups is 1. The van der Waals surface area contributed by atoms with Crippen LogP contribution >= 0.6 is 0 Å². The Labute approximate surface area is 358 Å². The SMILES string of the molecule is COc1ccc([Si](C)(C)[C@H]2[C@H](CC(=O)N3Cc4ccccc4C[C@H]3CO)O[C@@]3(C(=O)N(Cc4ccccc4)c4ccc(N5N=C(c6ccccc6)CCC5=O)cc43)[C@@H]2C)cc1. The van der Waals surface area contributed by atoms with Crippen molar-refractivity contribution in [2.24, 2.45) is 11.0 Å². The van der Waals surface area contributed by atoms with Gasteiger partial charge in [-0.05, 0) is 64.5 Å². The van der Waals surface area contributed by atoms with Gasteiger partial charge >= 0.3 is 0 Å². The van der Waals surface area contributed by atoms with Crippen LogP contribution in [0.15, 0.2) is 132 Å². The van der Waals surface area contributed by atoms with Gasteiger partial charge in [-0.1, -0.05) is 122 Å². The summed E-state index contributed by atoms with van der Waals surface area (Å²) in [5, 5.41) is 18.1. The fourth-order valence-electron chi connectivity index (χ4n) is 10.5. The number of carbonyl (C=O) groups is 3. The number of benzene rings is 5. The van der Waals surface area contributed by atoms with Crippen molar-refractivity contribution in [2.75, 3.05) is 23.6 Å². The summed E-state index contributed by atoms with van der Waals surface area (Å²) in [6.45, 7) is 7.26. The van der Waals surface area contributed by atoms with Gasteiger partial charge in [0.15, 0.2) is 5.60 Å². The molecule has 1 spiro atoms. The van der Waals surface area contributed by atoms with Crippen LogP contribution in [0.5, 0.6) is 5.75 Å². The fraction of sp³-hybridized carbons (Fsp3) is 0.320. The van der Waals surface area contributed by atoms with Crippen molar-refractivity contribution in [3.63, 3.8) is 0 Å². The van der Waals surface area contributed by atoms with Crippen molar-refractivity contribution in [3.8, 4) is 5.75 Å². The van der Waals surface area contributed by atoms with E-state index in [2.05, 4.69) is 38.2 Å². The molecule has 0 radical (unpaired) electrons. The number of aliphatic hydroxyl groups is 1. The molecule has 5 aromatic rings. The van der Waals surface area contributed by atoms with E-state index >= 15 is 4.79 Å². The average Bonchev–Trinajstić information content (AvgIpc) is 3.71. The van der Waals surface area contributed by atoms with Crippen LogP contribution in [0.2, 0.25) is 18.6 Å². The lowest BCUT2D eigenvalue weighted by molar-refractivity contribution is -0.151. The zero-order valence-corrected chi connectivity index (χ0v) is 36.2. The first-order valence-electron chi connectivity index (χ1n) is 21.3. The molecular weight excluding hydrogens is 781 g/mol. The van der Waals surface area contributed by atoms with E-state index in [0.717, 1.165) is 38.9 Å². The van der Waals surface area contributed by atoms with Gasteiger partial charge in [-0.25, -0.2) is 5.01 Å². The Kier molecular flexibility index (Phi) is 10.8. The summed E-state index contributed by atoms with van der Waals surface area (Å²) in [6.07, 6.45) is 0.787. The molecule has 1 N–H and O–H groups in total. The molecule has 5 atom stereocenters. The van der Waals surface area contributed by atoms with Gasteiger partial charge in [0.25, 0.3) is 5.91 Å². The molecule has 0 unspecified atom stereocenters. The summed E-state index contributed by atoms with van der Waals surface area (Å²) in [6, 6.07) is 41.4. The van der Waals surface area contributed by atoms with Crippen LogP contribution in [0.25, 0.3) is 0 Å². The Morgan fingerprint density at radius 1 is 0.885 bits per heavy atom. The van der Waals surface area contributed by atoms with Gasteiger partial charge < -0.3 is 24.4 Å². The van der Waals surface area contributed by atoms with E-state index in [0.29, 0.717) is 49.3 Å². The van der Waals surface area contributed by atoms with E-state index in [1.165, 1.54) is 5.01 Å². The van der Waals surface area contributed by atoms with E-state index in [9.17, 15) is 14.7 Å². The van der Waals surface area contributed by atoms with Crippen LogP contribution in [-0.2, 0) is 44.2 Å². The standard InChI is InChI=1S/C50H52N4O6Si/c1-33-48(61(3,4)41-22-20-40(59-2)21-23-41)45(29-47(57)52-31-37-18-12-11-17-36(37)27-39(52)32-55)60-50(33)42-28-38(54-46(56)26-24-43(51-54)35-15-9-6-10-16-35)19-25-44(42)53(49(50)58)30-34-13-7-5-8-14-34/h5-23,25,28,33,39,45,48,55H,24,26-27,29-32H2,1-4H3/t33-,39+,45+,48-,50+/m1/s1. The first-order chi connectivity index (χ1) is 29.5. The Morgan fingerprint density at radius 3 is 2.28 bits per heavy atom. The predicted octanol–water partition coefficient (Wildman–Crippen LogP) is 7.33. The van der Waals surface area contributed by atoms with E-state index in [1.54, 1.807) is 12.0 Å². The molecule has 4 aliphatic heterocycles. The van der Waals surface area contributed by atoms with Crippen molar-refractivity contribution >= 4 is 48.1 Å². The molecule has 0 aliphatic carbocycles. The number of hydrogen-bond acceptors (Lipinski definition) is 7. The Balaban J connectivity index is 1.16. The smallest absolute Gasteiger partial charge is 0.264 e. The highest BCUT2D eigenvalue weighted by atomic mass is 28.3. The molecule has 10 nitrogen and oxygen atoms in total. The molecule has 9 rings (SSSR count). The Bertz CT molecular complexity index is 2500. The van der Waals surface area contributed by atoms with E-state index in [-0.39, 0.29) is 48.3 Å². The van der Waals surface area contributed by atoms with Crippen LogP contribution in [0.4, 0.5) is 11.4 Å². The number of ether oxygens (including phenoxy) is 2. The number of fused-ring (bicyclic) bond motifs is 3. The maximum absolute atomic E-state index is 15.6. The van der Waals surface area contributed by atoms with E-state index in [1.807, 2.05) is 114 Å². The van der Waals surface area contributed by atoms with Gasteiger partial charge in [0.1, 0.15) is 5.75 Å². The summed E-state index contributed by atoms with van der Waals surface area (Å²) in [4.78, 5) is 47.7. The third-order valence-electron chi connectivity index (χ3n) is 13.6. The quantitative estimate of drug-likeness (QED) is 0.148.